The second-order valence-electron chi connectivity index (χ2n) is 6.17. The van der Waals surface area contributed by atoms with Crippen molar-refractivity contribution in [3.63, 3.8) is 0 Å². The second kappa shape index (κ2) is 6.58. The monoisotopic (exact) mass is 307 g/mol. The molecule has 1 N–H and O–H groups in total. The van der Waals surface area contributed by atoms with Crippen molar-refractivity contribution in [1.29, 1.82) is 0 Å². The molecule has 0 saturated carbocycles. The zero-order chi connectivity index (χ0) is 15.5. The molecule has 4 heteroatoms. The molecule has 0 aliphatic rings. The third kappa shape index (κ3) is 5.14. The summed E-state index contributed by atoms with van der Waals surface area (Å²) in [5.41, 5.74) is 0.745. The van der Waals surface area contributed by atoms with E-state index in [1.807, 2.05) is 0 Å². The SMILES string of the molecule is Cc1ccc(OCc2ccc(CNC(C)(C)C)s2)cc1F. The van der Waals surface area contributed by atoms with Crippen LogP contribution >= 0.6 is 11.3 Å². The van der Waals surface area contributed by atoms with Gasteiger partial charge in [0.15, 0.2) is 0 Å². The molecule has 2 nitrogen and oxygen atoms in total. The Morgan fingerprint density at radius 3 is 2.52 bits per heavy atom. The van der Waals surface area contributed by atoms with Crippen molar-refractivity contribution >= 4 is 11.3 Å². The summed E-state index contributed by atoms with van der Waals surface area (Å²) in [5, 5.41) is 3.46. The highest BCUT2D eigenvalue weighted by atomic mass is 32.1. The van der Waals surface area contributed by atoms with E-state index < -0.39 is 0 Å². The normalized spacial score (nSPS) is 11.7. The number of hydrogen-bond donors (Lipinski definition) is 1. The molecule has 2 rings (SSSR count). The average molecular weight is 307 g/mol. The predicted molar refractivity (Wildman–Crippen MR) is 86.4 cm³/mol. The van der Waals surface area contributed by atoms with Gasteiger partial charge in [0.2, 0.25) is 0 Å². The van der Waals surface area contributed by atoms with Crippen LogP contribution in [0, 0.1) is 12.7 Å². The second-order valence-corrected chi connectivity index (χ2v) is 7.42. The van der Waals surface area contributed by atoms with Crippen molar-refractivity contribution in [2.45, 2.75) is 46.4 Å². The first-order valence-corrected chi connectivity index (χ1v) is 7.87. The number of nitrogens with one attached hydrogen (secondary N) is 1. The Balaban J connectivity index is 1.89. The van der Waals surface area contributed by atoms with E-state index >= 15 is 0 Å². The number of thiophene rings is 1. The molecule has 0 atom stereocenters. The van der Waals surface area contributed by atoms with Crippen molar-refractivity contribution in [2.75, 3.05) is 0 Å². The first-order valence-electron chi connectivity index (χ1n) is 7.05. The summed E-state index contributed by atoms with van der Waals surface area (Å²) in [6, 6.07) is 9.14. The summed E-state index contributed by atoms with van der Waals surface area (Å²) in [6.45, 7) is 9.52. The smallest absolute Gasteiger partial charge is 0.129 e. The minimum Gasteiger partial charge on any atom is -0.488 e. The van der Waals surface area contributed by atoms with Crippen LogP contribution in [0.2, 0.25) is 0 Å². The molecule has 0 aliphatic carbocycles. The molecule has 0 radical (unpaired) electrons. The van der Waals surface area contributed by atoms with E-state index in [2.05, 4.69) is 38.2 Å². The van der Waals surface area contributed by atoms with Gasteiger partial charge < -0.3 is 10.1 Å². The van der Waals surface area contributed by atoms with Crippen molar-refractivity contribution < 1.29 is 9.13 Å². The van der Waals surface area contributed by atoms with E-state index in [-0.39, 0.29) is 11.4 Å². The quantitative estimate of drug-likeness (QED) is 0.867. The van der Waals surface area contributed by atoms with E-state index in [1.54, 1.807) is 30.4 Å². The molecule has 0 saturated heterocycles. The van der Waals surface area contributed by atoms with Crippen LogP contribution in [0.1, 0.15) is 36.1 Å². The van der Waals surface area contributed by atoms with Gasteiger partial charge in [0.25, 0.3) is 0 Å². The van der Waals surface area contributed by atoms with Gasteiger partial charge in [0.1, 0.15) is 18.2 Å². The van der Waals surface area contributed by atoms with E-state index in [9.17, 15) is 4.39 Å². The van der Waals surface area contributed by atoms with Gasteiger partial charge in [-0.2, -0.15) is 0 Å². The zero-order valence-corrected chi connectivity index (χ0v) is 13.8. The molecule has 2 aromatic rings. The van der Waals surface area contributed by atoms with Crippen LogP contribution < -0.4 is 10.1 Å². The fourth-order valence-corrected chi connectivity index (χ4v) is 2.64. The standard InChI is InChI=1S/C17H22FNOS/c1-12-5-6-13(9-16(12)18)20-11-15-8-7-14(21-15)10-19-17(2,3)4/h5-9,19H,10-11H2,1-4H3. The first-order chi connectivity index (χ1) is 9.83. The molecule has 21 heavy (non-hydrogen) atoms. The Kier molecular flexibility index (Phi) is 5.01. The summed E-state index contributed by atoms with van der Waals surface area (Å²) in [5.74, 6) is 0.342. The van der Waals surface area contributed by atoms with Crippen LogP contribution in [0.4, 0.5) is 4.39 Å². The number of aryl methyl sites for hydroxylation is 1. The maximum Gasteiger partial charge on any atom is 0.129 e. The van der Waals surface area contributed by atoms with Gasteiger partial charge in [0, 0.05) is 27.9 Å². The third-order valence-electron chi connectivity index (χ3n) is 3.03. The number of halogens is 1. The third-order valence-corrected chi connectivity index (χ3v) is 4.09. The molecular weight excluding hydrogens is 285 g/mol. The minimum absolute atomic E-state index is 0.111. The first kappa shape index (κ1) is 16.0. The molecule has 0 aliphatic heterocycles. The van der Waals surface area contributed by atoms with Crippen LogP contribution in [0.25, 0.3) is 0 Å². The lowest BCUT2D eigenvalue weighted by atomic mass is 10.1. The van der Waals surface area contributed by atoms with E-state index in [4.69, 9.17) is 4.74 Å². The Bertz CT molecular complexity index is 601. The maximum absolute atomic E-state index is 13.4. The zero-order valence-electron chi connectivity index (χ0n) is 13.0. The molecule has 114 valence electrons. The number of hydrogen-bond acceptors (Lipinski definition) is 3. The molecule has 0 unspecified atom stereocenters. The van der Waals surface area contributed by atoms with Gasteiger partial charge >= 0.3 is 0 Å². The van der Waals surface area contributed by atoms with Crippen molar-refractivity contribution in [3.05, 3.63) is 51.5 Å². The Morgan fingerprint density at radius 1 is 1.14 bits per heavy atom. The van der Waals surface area contributed by atoms with Crippen molar-refractivity contribution in [2.24, 2.45) is 0 Å². The summed E-state index contributed by atoms with van der Waals surface area (Å²) in [6.07, 6.45) is 0. The van der Waals surface area contributed by atoms with Crippen LogP contribution in [0.15, 0.2) is 30.3 Å². The molecule has 1 aromatic heterocycles. The molecule has 0 spiro atoms. The van der Waals surface area contributed by atoms with Crippen molar-refractivity contribution in [3.8, 4) is 5.75 Å². The van der Waals surface area contributed by atoms with Gasteiger partial charge in [0.05, 0.1) is 0 Å². The van der Waals surface area contributed by atoms with Gasteiger partial charge in [-0.1, -0.05) is 6.07 Å². The summed E-state index contributed by atoms with van der Waals surface area (Å²) in [4.78, 5) is 2.42. The van der Waals surface area contributed by atoms with Crippen LogP contribution in [0.5, 0.6) is 5.75 Å². The topological polar surface area (TPSA) is 21.3 Å². The van der Waals surface area contributed by atoms with Crippen LogP contribution in [0.3, 0.4) is 0 Å². The number of rotatable bonds is 5. The van der Waals surface area contributed by atoms with Gasteiger partial charge in [-0.05, 0) is 51.5 Å². The molecule has 0 bridgehead atoms. The Morgan fingerprint density at radius 2 is 1.86 bits per heavy atom. The van der Waals surface area contributed by atoms with E-state index in [1.165, 1.54) is 10.9 Å². The van der Waals surface area contributed by atoms with Gasteiger partial charge in [-0.25, -0.2) is 4.39 Å². The lowest BCUT2D eigenvalue weighted by Gasteiger charge is -2.19. The predicted octanol–water partition coefficient (Wildman–Crippen LogP) is 4.66. The average Bonchev–Trinajstić information content (AvgIpc) is 2.85. The van der Waals surface area contributed by atoms with Crippen LogP contribution in [-0.4, -0.2) is 5.54 Å². The number of benzene rings is 1. The summed E-state index contributed by atoms with van der Waals surface area (Å²) >= 11 is 1.72. The number of ether oxygens (including phenoxy) is 1. The summed E-state index contributed by atoms with van der Waals surface area (Å²) < 4.78 is 19.1. The lowest BCUT2D eigenvalue weighted by Crippen LogP contribution is -2.34. The van der Waals surface area contributed by atoms with Crippen molar-refractivity contribution in [1.82, 2.24) is 5.32 Å². The van der Waals surface area contributed by atoms with E-state index in [0.29, 0.717) is 17.9 Å². The fourth-order valence-electron chi connectivity index (χ4n) is 1.77. The van der Waals surface area contributed by atoms with Crippen LogP contribution in [-0.2, 0) is 13.2 Å². The maximum atomic E-state index is 13.4. The highest BCUT2D eigenvalue weighted by molar-refractivity contribution is 7.11. The Hall–Kier alpha value is -1.39. The van der Waals surface area contributed by atoms with E-state index in [0.717, 1.165) is 11.4 Å². The lowest BCUT2D eigenvalue weighted by molar-refractivity contribution is 0.308. The highest BCUT2D eigenvalue weighted by Gasteiger charge is 2.09. The highest BCUT2D eigenvalue weighted by Crippen LogP contribution is 2.21. The fraction of sp³-hybridized carbons (Fsp3) is 0.412. The van der Waals surface area contributed by atoms with Gasteiger partial charge in [-0.15, -0.1) is 11.3 Å². The molecule has 1 aromatic carbocycles. The molecular formula is C17H22FNOS. The molecule has 0 fully saturated rings. The minimum atomic E-state index is -0.228. The molecule has 1 heterocycles. The largest absolute Gasteiger partial charge is 0.488 e. The molecule has 0 amide bonds. The Labute approximate surface area is 130 Å². The van der Waals surface area contributed by atoms with Gasteiger partial charge in [-0.3, -0.25) is 0 Å². The summed E-state index contributed by atoms with van der Waals surface area (Å²) in [7, 11) is 0.